The lowest BCUT2D eigenvalue weighted by Gasteiger charge is -2.17. The molecular weight excluding hydrogens is 465 g/mol. The third-order valence-electron chi connectivity index (χ3n) is 4.81. The molecule has 0 aliphatic heterocycles. The Morgan fingerprint density at radius 1 is 0.964 bits per heavy atom. The zero-order valence-electron chi connectivity index (χ0n) is 16.6. The molecule has 1 aliphatic rings. The van der Waals surface area contributed by atoms with Crippen molar-refractivity contribution in [1.29, 1.82) is 0 Å². The molecule has 0 bridgehead atoms. The molecule has 0 aromatic heterocycles. The van der Waals surface area contributed by atoms with Crippen molar-refractivity contribution in [3.05, 3.63) is 59.7 Å². The minimum atomic E-state index is 0. The number of guanidine groups is 1. The molecule has 28 heavy (non-hydrogen) atoms. The quantitative estimate of drug-likeness (QED) is 0.338. The van der Waals surface area contributed by atoms with Gasteiger partial charge in [0.05, 0.1) is 13.2 Å². The maximum Gasteiger partial charge on any atom is 0.191 e. The zero-order chi connectivity index (χ0) is 18.9. The summed E-state index contributed by atoms with van der Waals surface area (Å²) in [4.78, 5) is 4.29. The van der Waals surface area contributed by atoms with Gasteiger partial charge in [0, 0.05) is 20.1 Å². The van der Waals surface area contributed by atoms with Gasteiger partial charge in [-0.3, -0.25) is 4.99 Å². The first-order valence-corrected chi connectivity index (χ1v) is 9.60. The Labute approximate surface area is 184 Å². The number of benzene rings is 2. The molecule has 2 N–H and O–H groups in total. The molecule has 6 heteroatoms. The van der Waals surface area contributed by atoms with Gasteiger partial charge in [-0.2, -0.15) is 0 Å². The van der Waals surface area contributed by atoms with Crippen LogP contribution in [0.5, 0.6) is 11.5 Å². The van der Waals surface area contributed by atoms with Gasteiger partial charge in [-0.1, -0.05) is 36.4 Å². The second kappa shape index (κ2) is 11.8. The van der Waals surface area contributed by atoms with E-state index in [4.69, 9.17) is 9.47 Å². The van der Waals surface area contributed by atoms with Crippen molar-refractivity contribution < 1.29 is 9.47 Å². The van der Waals surface area contributed by atoms with E-state index in [2.05, 4.69) is 33.8 Å². The number of hydrogen-bond donors (Lipinski definition) is 2. The van der Waals surface area contributed by atoms with E-state index in [9.17, 15) is 0 Å². The molecule has 5 nitrogen and oxygen atoms in total. The Morgan fingerprint density at radius 2 is 1.64 bits per heavy atom. The Morgan fingerprint density at radius 3 is 2.29 bits per heavy atom. The van der Waals surface area contributed by atoms with Gasteiger partial charge < -0.3 is 20.1 Å². The normalized spacial score (nSPS) is 14.3. The molecule has 3 rings (SSSR count). The van der Waals surface area contributed by atoms with E-state index >= 15 is 0 Å². The summed E-state index contributed by atoms with van der Waals surface area (Å²) in [5.74, 6) is 2.39. The van der Waals surface area contributed by atoms with Crippen molar-refractivity contribution in [2.24, 2.45) is 4.99 Å². The highest BCUT2D eigenvalue weighted by atomic mass is 127. The largest absolute Gasteiger partial charge is 0.493 e. The van der Waals surface area contributed by atoms with Gasteiger partial charge in [0.25, 0.3) is 0 Å². The summed E-state index contributed by atoms with van der Waals surface area (Å²) in [5, 5.41) is 6.67. The number of aliphatic imine (C=N–C) groups is 1. The second-order valence-electron chi connectivity index (χ2n) is 6.77. The number of halogens is 1. The lowest BCUT2D eigenvalue weighted by molar-refractivity contribution is 0.200. The standard InChI is InChI=1S/C22H29N3O2.HI/c1-23-22(24-15-17-8-4-3-5-9-17)25-16-18-12-13-20(21(14-18)26-2)27-19-10-6-7-11-19;/h3-5,8-9,12-14,19H,6-7,10-11,15-16H2,1-2H3,(H2,23,24,25);1H. The summed E-state index contributed by atoms with van der Waals surface area (Å²) in [7, 11) is 3.47. The van der Waals surface area contributed by atoms with Gasteiger partial charge in [-0.25, -0.2) is 0 Å². The smallest absolute Gasteiger partial charge is 0.191 e. The Balaban J connectivity index is 0.00000280. The van der Waals surface area contributed by atoms with Gasteiger partial charge in [-0.05, 0) is 48.9 Å². The summed E-state index contributed by atoms with van der Waals surface area (Å²) in [6.07, 6.45) is 5.10. The number of nitrogens with one attached hydrogen (secondary N) is 2. The number of hydrogen-bond acceptors (Lipinski definition) is 3. The molecule has 1 fully saturated rings. The van der Waals surface area contributed by atoms with Gasteiger partial charge >= 0.3 is 0 Å². The van der Waals surface area contributed by atoms with Crippen LogP contribution < -0.4 is 20.1 Å². The molecule has 0 amide bonds. The predicted octanol–water partition coefficient (Wildman–Crippen LogP) is 4.50. The van der Waals surface area contributed by atoms with Crippen molar-refractivity contribution in [1.82, 2.24) is 10.6 Å². The fourth-order valence-corrected chi connectivity index (χ4v) is 3.29. The second-order valence-corrected chi connectivity index (χ2v) is 6.77. The van der Waals surface area contributed by atoms with Crippen LogP contribution in [0.15, 0.2) is 53.5 Å². The first-order valence-electron chi connectivity index (χ1n) is 9.60. The highest BCUT2D eigenvalue weighted by Gasteiger charge is 2.18. The highest BCUT2D eigenvalue weighted by molar-refractivity contribution is 14.0. The highest BCUT2D eigenvalue weighted by Crippen LogP contribution is 2.32. The van der Waals surface area contributed by atoms with E-state index < -0.39 is 0 Å². The molecule has 0 heterocycles. The molecule has 0 atom stereocenters. The van der Waals surface area contributed by atoms with Gasteiger partial charge in [0.1, 0.15) is 0 Å². The number of methoxy groups -OCH3 is 1. The minimum absolute atomic E-state index is 0. The lowest BCUT2D eigenvalue weighted by Crippen LogP contribution is -2.36. The molecular formula is C22H30IN3O2. The Hall–Kier alpha value is -1.96. The summed E-state index contributed by atoms with van der Waals surface area (Å²) in [5.41, 5.74) is 2.34. The van der Waals surface area contributed by atoms with Crippen molar-refractivity contribution in [3.63, 3.8) is 0 Å². The predicted molar refractivity (Wildman–Crippen MR) is 125 cm³/mol. The van der Waals surface area contributed by atoms with Crippen LogP contribution in [-0.2, 0) is 13.1 Å². The summed E-state index contributed by atoms with van der Waals surface area (Å²) >= 11 is 0. The molecule has 0 saturated heterocycles. The number of ether oxygens (including phenoxy) is 2. The van der Waals surface area contributed by atoms with Crippen LogP contribution in [0, 0.1) is 0 Å². The van der Waals surface area contributed by atoms with Crippen molar-refractivity contribution in [2.75, 3.05) is 14.2 Å². The molecule has 1 aliphatic carbocycles. The topological polar surface area (TPSA) is 54.9 Å². The van der Waals surface area contributed by atoms with E-state index in [-0.39, 0.29) is 24.0 Å². The SMILES string of the molecule is CN=C(NCc1ccccc1)NCc1ccc(OC2CCCC2)c(OC)c1.I. The first kappa shape index (κ1) is 22.3. The van der Waals surface area contributed by atoms with Crippen LogP contribution in [0.3, 0.4) is 0 Å². The molecule has 0 spiro atoms. The van der Waals surface area contributed by atoms with Crippen LogP contribution in [0.4, 0.5) is 0 Å². The Kier molecular flexibility index (Phi) is 9.40. The van der Waals surface area contributed by atoms with Crippen molar-refractivity contribution in [3.8, 4) is 11.5 Å². The van der Waals surface area contributed by atoms with E-state index in [0.29, 0.717) is 12.6 Å². The van der Waals surface area contributed by atoms with E-state index in [0.717, 1.165) is 42.4 Å². The average molecular weight is 495 g/mol. The molecule has 2 aromatic rings. The third kappa shape index (κ3) is 6.58. The molecule has 1 saturated carbocycles. The number of rotatable bonds is 7. The summed E-state index contributed by atoms with van der Waals surface area (Å²) in [6.45, 7) is 1.40. The first-order chi connectivity index (χ1) is 13.3. The van der Waals surface area contributed by atoms with Crippen LogP contribution in [0.1, 0.15) is 36.8 Å². The molecule has 0 unspecified atom stereocenters. The van der Waals surface area contributed by atoms with Crippen LogP contribution in [0.2, 0.25) is 0 Å². The van der Waals surface area contributed by atoms with E-state index in [1.54, 1.807) is 14.2 Å². The summed E-state index contributed by atoms with van der Waals surface area (Å²) < 4.78 is 11.6. The van der Waals surface area contributed by atoms with Crippen molar-refractivity contribution in [2.45, 2.75) is 44.9 Å². The average Bonchev–Trinajstić information content (AvgIpc) is 3.23. The maximum absolute atomic E-state index is 6.11. The fraction of sp³-hybridized carbons (Fsp3) is 0.409. The Bertz CT molecular complexity index is 747. The van der Waals surface area contributed by atoms with E-state index in [1.807, 2.05) is 30.3 Å². The monoisotopic (exact) mass is 495 g/mol. The number of nitrogens with zero attached hydrogens (tertiary/aromatic N) is 1. The summed E-state index contributed by atoms with van der Waals surface area (Å²) in [6, 6.07) is 16.4. The van der Waals surface area contributed by atoms with Crippen LogP contribution >= 0.6 is 24.0 Å². The molecule has 2 aromatic carbocycles. The molecule has 0 radical (unpaired) electrons. The maximum atomic E-state index is 6.11. The zero-order valence-corrected chi connectivity index (χ0v) is 18.9. The van der Waals surface area contributed by atoms with Gasteiger partial charge in [0.2, 0.25) is 0 Å². The minimum Gasteiger partial charge on any atom is -0.493 e. The van der Waals surface area contributed by atoms with Crippen LogP contribution in [0.25, 0.3) is 0 Å². The van der Waals surface area contributed by atoms with E-state index in [1.165, 1.54) is 18.4 Å². The fourth-order valence-electron chi connectivity index (χ4n) is 3.29. The molecule has 152 valence electrons. The van der Waals surface area contributed by atoms with Crippen LogP contribution in [-0.4, -0.2) is 26.2 Å². The third-order valence-corrected chi connectivity index (χ3v) is 4.81. The van der Waals surface area contributed by atoms with Gasteiger partial charge in [-0.15, -0.1) is 24.0 Å². The van der Waals surface area contributed by atoms with Crippen molar-refractivity contribution >= 4 is 29.9 Å². The van der Waals surface area contributed by atoms with Gasteiger partial charge in [0.15, 0.2) is 17.5 Å². The lowest BCUT2D eigenvalue weighted by atomic mass is 10.2.